The fraction of sp³-hybridized carbons (Fsp3) is 0.400. The van der Waals surface area contributed by atoms with Crippen LogP contribution in [0.2, 0.25) is 0 Å². The van der Waals surface area contributed by atoms with Gasteiger partial charge in [-0.05, 0) is 43.9 Å². The minimum absolute atomic E-state index is 0.0874. The van der Waals surface area contributed by atoms with E-state index in [4.69, 9.17) is 0 Å². The zero-order chi connectivity index (χ0) is 17.2. The Morgan fingerprint density at radius 1 is 1.28 bits per heavy atom. The van der Waals surface area contributed by atoms with E-state index in [0.717, 1.165) is 49.1 Å². The number of aliphatic hydroxyl groups excluding tert-OH is 1. The number of hydrogen-bond donors (Lipinski definition) is 1. The van der Waals surface area contributed by atoms with Crippen LogP contribution in [0.25, 0.3) is 16.7 Å². The summed E-state index contributed by atoms with van der Waals surface area (Å²) in [5.74, 6) is 0.289. The van der Waals surface area contributed by atoms with Crippen molar-refractivity contribution in [2.75, 3.05) is 19.7 Å². The third-order valence-electron chi connectivity index (χ3n) is 5.10. The number of carbonyl (C=O) groups is 1. The Morgan fingerprint density at radius 2 is 2.12 bits per heavy atom. The van der Waals surface area contributed by atoms with Crippen molar-refractivity contribution in [2.24, 2.45) is 5.92 Å². The Hall–Kier alpha value is -2.40. The summed E-state index contributed by atoms with van der Waals surface area (Å²) in [6.07, 6.45) is 14.1. The predicted octanol–water partition coefficient (Wildman–Crippen LogP) is 3.07. The number of fused-ring (bicyclic) bond motifs is 1. The lowest BCUT2D eigenvalue weighted by molar-refractivity contribution is 0.0724. The number of carbonyl (C=O) groups excluding carboxylic acids is 1. The molecule has 25 heavy (non-hydrogen) atoms. The van der Waals surface area contributed by atoms with Gasteiger partial charge in [0.1, 0.15) is 5.65 Å². The molecule has 1 amide bonds. The zero-order valence-corrected chi connectivity index (χ0v) is 14.3. The van der Waals surface area contributed by atoms with E-state index in [-0.39, 0.29) is 18.4 Å². The molecule has 0 aromatic carbocycles. The van der Waals surface area contributed by atoms with Gasteiger partial charge in [-0.25, -0.2) is 4.98 Å². The van der Waals surface area contributed by atoms with Crippen LogP contribution in [0, 0.1) is 5.92 Å². The average Bonchev–Trinajstić information content (AvgIpc) is 3.11. The maximum absolute atomic E-state index is 12.7. The number of piperidine rings is 1. The highest BCUT2D eigenvalue weighted by molar-refractivity contribution is 5.97. The van der Waals surface area contributed by atoms with E-state index in [1.165, 1.54) is 6.42 Å². The molecule has 2 aliphatic rings. The molecule has 1 unspecified atom stereocenters. The molecule has 0 bridgehead atoms. The Morgan fingerprint density at radius 3 is 2.84 bits per heavy atom. The van der Waals surface area contributed by atoms with Crippen LogP contribution >= 0.6 is 0 Å². The topological polar surface area (TPSA) is 58.4 Å². The fourth-order valence-electron chi connectivity index (χ4n) is 3.60. The van der Waals surface area contributed by atoms with Gasteiger partial charge in [-0.2, -0.15) is 0 Å². The first-order chi connectivity index (χ1) is 12.3. The van der Waals surface area contributed by atoms with E-state index in [9.17, 15) is 9.90 Å². The molecule has 5 nitrogen and oxygen atoms in total. The zero-order valence-electron chi connectivity index (χ0n) is 14.3. The lowest BCUT2D eigenvalue weighted by atomic mass is 10.0. The summed E-state index contributed by atoms with van der Waals surface area (Å²) in [5, 5.41) is 10.2. The molecule has 1 aliphatic heterocycles. The van der Waals surface area contributed by atoms with Crippen molar-refractivity contribution in [3.63, 3.8) is 0 Å². The van der Waals surface area contributed by atoms with Gasteiger partial charge in [0.25, 0.3) is 5.91 Å². The molecule has 5 heteroatoms. The first-order valence-corrected chi connectivity index (χ1v) is 9.02. The number of pyridine rings is 1. The van der Waals surface area contributed by atoms with Crippen molar-refractivity contribution in [2.45, 2.75) is 25.7 Å². The fourth-order valence-corrected chi connectivity index (χ4v) is 3.60. The highest BCUT2D eigenvalue weighted by atomic mass is 16.3. The summed E-state index contributed by atoms with van der Waals surface area (Å²) in [5.41, 5.74) is 2.58. The van der Waals surface area contributed by atoms with Crippen molar-refractivity contribution in [3.05, 3.63) is 48.3 Å². The summed E-state index contributed by atoms with van der Waals surface area (Å²) >= 11 is 0. The van der Waals surface area contributed by atoms with E-state index < -0.39 is 0 Å². The summed E-state index contributed by atoms with van der Waals surface area (Å²) in [6.45, 7) is 1.87. The molecule has 0 radical (unpaired) electrons. The molecule has 2 aromatic rings. The highest BCUT2D eigenvalue weighted by Crippen LogP contribution is 2.25. The van der Waals surface area contributed by atoms with E-state index in [0.29, 0.717) is 5.56 Å². The first kappa shape index (κ1) is 16.1. The molecule has 1 aliphatic carbocycles. The average molecular weight is 337 g/mol. The molecule has 3 heterocycles. The van der Waals surface area contributed by atoms with Gasteiger partial charge in [-0.1, -0.05) is 12.2 Å². The van der Waals surface area contributed by atoms with Crippen molar-refractivity contribution >= 4 is 22.6 Å². The van der Waals surface area contributed by atoms with Gasteiger partial charge in [-0.15, -0.1) is 0 Å². The number of likely N-dealkylation sites (tertiary alicyclic amines) is 1. The number of aliphatic hydroxyl groups is 1. The number of allylic oxidation sites excluding steroid dienone is 3. The molecule has 1 N–H and O–H groups in total. The molecule has 1 fully saturated rings. The van der Waals surface area contributed by atoms with Gasteiger partial charge in [0.05, 0.1) is 5.56 Å². The Balaban J connectivity index is 1.60. The molecule has 1 saturated heterocycles. The van der Waals surface area contributed by atoms with Crippen LogP contribution in [0.15, 0.2) is 42.8 Å². The van der Waals surface area contributed by atoms with Crippen LogP contribution in [0.5, 0.6) is 0 Å². The van der Waals surface area contributed by atoms with Crippen LogP contribution in [-0.2, 0) is 0 Å². The molecule has 130 valence electrons. The minimum Gasteiger partial charge on any atom is -0.396 e. The minimum atomic E-state index is 0.0874. The summed E-state index contributed by atoms with van der Waals surface area (Å²) in [6, 6.07) is 3.95. The molecule has 2 aromatic heterocycles. The van der Waals surface area contributed by atoms with Crippen LogP contribution in [-0.4, -0.2) is 45.2 Å². The van der Waals surface area contributed by atoms with Crippen LogP contribution in [0.3, 0.4) is 0 Å². The second-order valence-electron chi connectivity index (χ2n) is 6.84. The SMILES string of the molecule is O=C(c1cnc2c(ccn2C2=CCC(CO)C=C2)c1)N1CCCCC1. The smallest absolute Gasteiger partial charge is 0.255 e. The van der Waals surface area contributed by atoms with Crippen LogP contribution in [0.1, 0.15) is 36.0 Å². The first-order valence-electron chi connectivity index (χ1n) is 9.02. The van der Waals surface area contributed by atoms with E-state index in [1.54, 1.807) is 6.20 Å². The predicted molar refractivity (Wildman–Crippen MR) is 98.1 cm³/mol. The van der Waals surface area contributed by atoms with Crippen LogP contribution in [0.4, 0.5) is 0 Å². The van der Waals surface area contributed by atoms with Crippen molar-refractivity contribution < 1.29 is 9.90 Å². The maximum atomic E-state index is 12.7. The van der Waals surface area contributed by atoms with Gasteiger partial charge in [0, 0.05) is 49.1 Å². The molecule has 1 atom stereocenters. The van der Waals surface area contributed by atoms with E-state index in [2.05, 4.69) is 11.1 Å². The second-order valence-corrected chi connectivity index (χ2v) is 6.84. The summed E-state index contributed by atoms with van der Waals surface area (Å²) in [4.78, 5) is 19.2. The lowest BCUT2D eigenvalue weighted by Gasteiger charge is -2.26. The monoisotopic (exact) mass is 337 g/mol. The Labute approximate surface area is 147 Å². The number of aromatic nitrogens is 2. The summed E-state index contributed by atoms with van der Waals surface area (Å²) < 4.78 is 2.04. The van der Waals surface area contributed by atoms with Gasteiger partial charge < -0.3 is 14.6 Å². The number of nitrogens with zero attached hydrogens (tertiary/aromatic N) is 3. The van der Waals surface area contributed by atoms with Gasteiger partial charge in [-0.3, -0.25) is 4.79 Å². The number of amides is 1. The second kappa shape index (κ2) is 6.84. The van der Waals surface area contributed by atoms with E-state index in [1.807, 2.05) is 39.9 Å². The van der Waals surface area contributed by atoms with Crippen molar-refractivity contribution in [1.29, 1.82) is 0 Å². The van der Waals surface area contributed by atoms with Gasteiger partial charge in [0.2, 0.25) is 0 Å². The largest absolute Gasteiger partial charge is 0.396 e. The number of hydrogen-bond acceptors (Lipinski definition) is 3. The van der Waals surface area contributed by atoms with Gasteiger partial charge in [0.15, 0.2) is 0 Å². The Kier molecular flexibility index (Phi) is 4.40. The molecular formula is C20H23N3O2. The molecular weight excluding hydrogens is 314 g/mol. The quantitative estimate of drug-likeness (QED) is 0.936. The normalized spacial score (nSPS) is 20.8. The van der Waals surface area contributed by atoms with Crippen molar-refractivity contribution in [3.8, 4) is 0 Å². The van der Waals surface area contributed by atoms with E-state index >= 15 is 0 Å². The molecule has 4 rings (SSSR count). The maximum Gasteiger partial charge on any atom is 0.255 e. The van der Waals surface area contributed by atoms with Crippen LogP contribution < -0.4 is 0 Å². The van der Waals surface area contributed by atoms with Crippen molar-refractivity contribution in [1.82, 2.24) is 14.5 Å². The Bertz CT molecular complexity index is 844. The molecule has 0 saturated carbocycles. The standard InChI is InChI=1S/C20H23N3O2/c24-14-15-4-6-18(7-5-15)23-11-8-16-12-17(13-21-19(16)23)20(25)22-9-2-1-3-10-22/h4,6-8,11-13,15,24H,1-3,5,9-10,14H2. The van der Waals surface area contributed by atoms with Gasteiger partial charge >= 0.3 is 0 Å². The number of rotatable bonds is 3. The third-order valence-corrected chi connectivity index (χ3v) is 5.10. The highest BCUT2D eigenvalue weighted by Gasteiger charge is 2.19. The summed E-state index contributed by atoms with van der Waals surface area (Å²) in [7, 11) is 0. The molecule has 0 spiro atoms. The third kappa shape index (κ3) is 3.12. The lowest BCUT2D eigenvalue weighted by Crippen LogP contribution is -2.35.